The highest BCUT2D eigenvalue weighted by molar-refractivity contribution is 6.05. The van der Waals surface area contributed by atoms with Gasteiger partial charge >= 0.3 is 5.97 Å². The molecule has 136 valence electrons. The van der Waals surface area contributed by atoms with E-state index < -0.39 is 22.7 Å². The molecular formula is C18H20N4O4. The Morgan fingerprint density at radius 2 is 2.04 bits per heavy atom. The van der Waals surface area contributed by atoms with Crippen LogP contribution in [-0.4, -0.2) is 33.5 Å². The quantitative estimate of drug-likeness (QED) is 0.476. The van der Waals surface area contributed by atoms with E-state index in [1.807, 2.05) is 13.8 Å². The Morgan fingerprint density at radius 3 is 2.65 bits per heavy atom. The lowest BCUT2D eigenvalue weighted by molar-refractivity contribution is -0.385. The number of para-hydroxylation sites is 1. The average Bonchev–Trinajstić information content (AvgIpc) is 2.95. The number of carbonyl (C=O) groups excluding carboxylic acids is 1. The number of methoxy groups -OCH3 is 1. The lowest BCUT2D eigenvalue weighted by Gasteiger charge is -2.29. The zero-order chi connectivity index (χ0) is 19.0. The molecule has 2 unspecified atom stereocenters. The predicted octanol–water partition coefficient (Wildman–Crippen LogP) is 3.15. The van der Waals surface area contributed by atoms with Crippen molar-refractivity contribution in [1.29, 1.82) is 0 Å². The molecule has 3 rings (SSSR count). The summed E-state index contributed by atoms with van der Waals surface area (Å²) in [5, 5.41) is 16.1. The molecule has 0 saturated carbocycles. The molecule has 0 spiro atoms. The van der Waals surface area contributed by atoms with E-state index in [9.17, 15) is 14.9 Å². The molecule has 0 fully saturated rings. The van der Waals surface area contributed by atoms with Crippen LogP contribution < -0.4 is 0 Å². The number of aromatic nitrogens is 2. The molecule has 8 heteroatoms. The third kappa shape index (κ3) is 2.67. The third-order valence-corrected chi connectivity index (χ3v) is 4.75. The van der Waals surface area contributed by atoms with E-state index in [4.69, 9.17) is 4.74 Å². The molecule has 2 aromatic rings. The summed E-state index contributed by atoms with van der Waals surface area (Å²) in [4.78, 5) is 28.3. The highest BCUT2D eigenvalue weighted by Gasteiger charge is 2.43. The molecule has 1 aromatic carbocycles. The number of nitro groups is 1. The van der Waals surface area contributed by atoms with Crippen molar-refractivity contribution >= 4 is 23.2 Å². The van der Waals surface area contributed by atoms with Gasteiger partial charge in [-0.25, -0.2) is 9.67 Å². The molecule has 2 heterocycles. The Kier molecular flexibility index (Phi) is 4.58. The van der Waals surface area contributed by atoms with Crippen molar-refractivity contribution < 1.29 is 14.5 Å². The number of hydrogen-bond donors (Lipinski definition) is 0. The number of hydrogen-bond acceptors (Lipinski definition) is 6. The highest BCUT2D eigenvalue weighted by Crippen LogP contribution is 2.46. The van der Waals surface area contributed by atoms with Gasteiger partial charge in [0.05, 0.1) is 17.7 Å². The third-order valence-electron chi connectivity index (χ3n) is 4.75. The average molecular weight is 356 g/mol. The standard InChI is InChI=1S/C18H20N4O4/c1-5-21-17-14(11(3)20-21)16(15(10(2)19-17)18(23)26-4)12-8-6-7-9-13(12)22(24)25/h6-9,15-16H,5H2,1-4H3. The van der Waals surface area contributed by atoms with Crippen LogP contribution in [0.1, 0.15) is 36.6 Å². The fourth-order valence-electron chi connectivity index (χ4n) is 3.62. The van der Waals surface area contributed by atoms with Crippen LogP contribution in [0.25, 0.3) is 0 Å². The van der Waals surface area contributed by atoms with Crippen molar-refractivity contribution in [2.75, 3.05) is 7.11 Å². The Balaban J connectivity index is 2.33. The van der Waals surface area contributed by atoms with Crippen LogP contribution in [0.3, 0.4) is 0 Å². The fraction of sp³-hybridized carbons (Fsp3) is 0.389. The summed E-state index contributed by atoms with van der Waals surface area (Å²) >= 11 is 0. The summed E-state index contributed by atoms with van der Waals surface area (Å²) in [6.07, 6.45) is 0. The number of aryl methyl sites for hydroxylation is 2. The zero-order valence-corrected chi connectivity index (χ0v) is 15.1. The van der Waals surface area contributed by atoms with Crippen molar-refractivity contribution in [2.45, 2.75) is 33.2 Å². The van der Waals surface area contributed by atoms with Gasteiger partial charge in [0.1, 0.15) is 5.92 Å². The lowest BCUT2D eigenvalue weighted by Crippen LogP contribution is -2.33. The van der Waals surface area contributed by atoms with Crippen LogP contribution >= 0.6 is 0 Å². The molecule has 1 aromatic heterocycles. The van der Waals surface area contributed by atoms with E-state index in [1.165, 1.54) is 13.2 Å². The van der Waals surface area contributed by atoms with Crippen molar-refractivity contribution in [1.82, 2.24) is 9.78 Å². The number of nitrogens with zero attached hydrogens (tertiary/aromatic N) is 4. The minimum Gasteiger partial charge on any atom is -0.468 e. The largest absolute Gasteiger partial charge is 0.468 e. The van der Waals surface area contributed by atoms with E-state index in [2.05, 4.69) is 10.1 Å². The maximum absolute atomic E-state index is 12.5. The van der Waals surface area contributed by atoms with Crippen LogP contribution in [0.4, 0.5) is 11.5 Å². The molecule has 2 atom stereocenters. The summed E-state index contributed by atoms with van der Waals surface area (Å²) < 4.78 is 6.74. The first-order chi connectivity index (χ1) is 12.4. The van der Waals surface area contributed by atoms with E-state index in [0.29, 0.717) is 29.3 Å². The van der Waals surface area contributed by atoms with Crippen LogP contribution in [0.15, 0.2) is 29.3 Å². The predicted molar refractivity (Wildman–Crippen MR) is 95.9 cm³/mol. The molecule has 0 N–H and O–H groups in total. The topological polar surface area (TPSA) is 99.6 Å². The monoisotopic (exact) mass is 356 g/mol. The van der Waals surface area contributed by atoms with Gasteiger partial charge in [0, 0.05) is 35.4 Å². The van der Waals surface area contributed by atoms with Crippen molar-refractivity contribution in [3.8, 4) is 0 Å². The van der Waals surface area contributed by atoms with E-state index in [1.54, 1.807) is 29.8 Å². The summed E-state index contributed by atoms with van der Waals surface area (Å²) in [6.45, 7) is 6.13. The molecule has 0 aliphatic carbocycles. The SMILES string of the molecule is CCn1nc(C)c2c1N=C(C)C(C(=O)OC)C2c1ccccc1[N+](=O)[O-]. The number of esters is 1. The number of nitro benzene ring substituents is 1. The van der Waals surface area contributed by atoms with Gasteiger partial charge < -0.3 is 4.74 Å². The van der Waals surface area contributed by atoms with Crippen LogP contribution in [0.2, 0.25) is 0 Å². The first-order valence-electron chi connectivity index (χ1n) is 8.34. The van der Waals surface area contributed by atoms with Gasteiger partial charge in [-0.1, -0.05) is 18.2 Å². The fourth-order valence-corrected chi connectivity index (χ4v) is 3.62. The summed E-state index contributed by atoms with van der Waals surface area (Å²) in [6, 6.07) is 6.48. The van der Waals surface area contributed by atoms with E-state index in [0.717, 1.165) is 5.56 Å². The van der Waals surface area contributed by atoms with Gasteiger partial charge in [0.25, 0.3) is 5.69 Å². The molecule has 0 saturated heterocycles. The van der Waals surface area contributed by atoms with Crippen LogP contribution in [0, 0.1) is 23.0 Å². The molecular weight excluding hydrogens is 336 g/mol. The Labute approximate surface area is 150 Å². The number of benzene rings is 1. The number of fused-ring (bicyclic) bond motifs is 1. The Hall–Kier alpha value is -3.03. The minimum atomic E-state index is -0.734. The van der Waals surface area contributed by atoms with Gasteiger partial charge in [0.15, 0.2) is 5.82 Å². The van der Waals surface area contributed by atoms with Gasteiger partial charge in [-0.3, -0.25) is 14.9 Å². The summed E-state index contributed by atoms with van der Waals surface area (Å²) in [7, 11) is 1.31. The normalized spacial score (nSPS) is 18.8. The van der Waals surface area contributed by atoms with Crippen LogP contribution in [0.5, 0.6) is 0 Å². The Bertz CT molecular complexity index is 916. The number of aliphatic imine (C=N–C) groups is 1. The minimum absolute atomic E-state index is 0.0318. The number of carbonyl (C=O) groups is 1. The van der Waals surface area contributed by atoms with Crippen molar-refractivity contribution in [3.05, 3.63) is 51.2 Å². The molecule has 0 amide bonds. The molecule has 1 aliphatic heterocycles. The van der Waals surface area contributed by atoms with Gasteiger partial charge in [-0.05, 0) is 20.8 Å². The summed E-state index contributed by atoms with van der Waals surface area (Å²) in [5.74, 6) is -1.13. The van der Waals surface area contributed by atoms with Crippen LogP contribution in [-0.2, 0) is 16.1 Å². The second kappa shape index (κ2) is 6.70. The highest BCUT2D eigenvalue weighted by atomic mass is 16.6. The van der Waals surface area contributed by atoms with E-state index >= 15 is 0 Å². The molecule has 26 heavy (non-hydrogen) atoms. The second-order valence-corrected chi connectivity index (χ2v) is 6.19. The van der Waals surface area contributed by atoms with Gasteiger partial charge in [-0.2, -0.15) is 5.10 Å². The molecule has 1 aliphatic rings. The maximum atomic E-state index is 12.5. The first kappa shape index (κ1) is 17.8. The van der Waals surface area contributed by atoms with E-state index in [-0.39, 0.29) is 5.69 Å². The smallest absolute Gasteiger partial charge is 0.315 e. The van der Waals surface area contributed by atoms with Crippen molar-refractivity contribution in [3.63, 3.8) is 0 Å². The van der Waals surface area contributed by atoms with Gasteiger partial charge in [-0.15, -0.1) is 0 Å². The lowest BCUT2D eigenvalue weighted by atomic mass is 9.76. The number of rotatable bonds is 4. The molecule has 0 radical (unpaired) electrons. The molecule has 8 nitrogen and oxygen atoms in total. The van der Waals surface area contributed by atoms with Gasteiger partial charge in [0.2, 0.25) is 0 Å². The summed E-state index contributed by atoms with van der Waals surface area (Å²) in [5.41, 5.74) is 2.43. The zero-order valence-electron chi connectivity index (χ0n) is 15.1. The second-order valence-electron chi connectivity index (χ2n) is 6.19. The maximum Gasteiger partial charge on any atom is 0.315 e. The molecule has 0 bridgehead atoms. The number of ether oxygens (including phenoxy) is 1. The first-order valence-corrected chi connectivity index (χ1v) is 8.34. The van der Waals surface area contributed by atoms with Crippen molar-refractivity contribution in [2.24, 2.45) is 10.9 Å². The Morgan fingerprint density at radius 1 is 1.35 bits per heavy atom.